The van der Waals surface area contributed by atoms with E-state index in [4.69, 9.17) is 10.6 Å². The van der Waals surface area contributed by atoms with Crippen LogP contribution in [0.1, 0.15) is 5.82 Å². The molecule has 0 bridgehead atoms. The second kappa shape index (κ2) is 10.8. The second-order valence-corrected chi connectivity index (χ2v) is 8.85. The lowest BCUT2D eigenvalue weighted by Gasteiger charge is -2.07. The smallest absolute Gasteiger partial charge is 0.236 e. The third-order valence-electron chi connectivity index (χ3n) is 3.59. The predicted octanol–water partition coefficient (Wildman–Crippen LogP) is 2.47. The van der Waals surface area contributed by atoms with Crippen LogP contribution < -0.4 is 21.2 Å². The first-order valence-corrected chi connectivity index (χ1v) is 11.4. The quantitative estimate of drug-likeness (QED) is 0.168. The summed E-state index contributed by atoms with van der Waals surface area (Å²) >= 11 is 4.01. The third-order valence-corrected chi connectivity index (χ3v) is 6.50. The summed E-state index contributed by atoms with van der Waals surface area (Å²) in [5.74, 6) is 8.00. The molecule has 158 valence electrons. The molecule has 0 aliphatic carbocycles. The molecule has 2 aromatic heterocycles. The lowest BCUT2D eigenvalue weighted by atomic mass is 10.3. The number of nitrogen functional groups attached to an aromatic ring is 1. The number of nitrogens with zero attached hydrogens (tertiary/aromatic N) is 5. The number of anilines is 2. The van der Waals surface area contributed by atoms with Gasteiger partial charge in [0.1, 0.15) is 5.75 Å². The van der Waals surface area contributed by atoms with Crippen LogP contribution >= 0.6 is 34.9 Å². The van der Waals surface area contributed by atoms with Gasteiger partial charge in [0, 0.05) is 11.4 Å². The number of hydrogen-bond acceptors (Lipinski definition) is 11. The van der Waals surface area contributed by atoms with Crippen molar-refractivity contribution in [3.8, 4) is 5.75 Å². The van der Waals surface area contributed by atoms with Gasteiger partial charge >= 0.3 is 0 Å². The van der Waals surface area contributed by atoms with Gasteiger partial charge in [-0.1, -0.05) is 40.9 Å². The van der Waals surface area contributed by atoms with Gasteiger partial charge < -0.3 is 15.9 Å². The highest BCUT2D eigenvalue weighted by molar-refractivity contribution is 8.01. The first kappa shape index (κ1) is 21.9. The Hall–Kier alpha value is -2.77. The molecule has 0 spiro atoms. The van der Waals surface area contributed by atoms with Gasteiger partial charge in [-0.3, -0.25) is 10.1 Å². The van der Waals surface area contributed by atoms with Crippen LogP contribution in [0.25, 0.3) is 0 Å². The molecule has 0 atom stereocenters. The molecule has 2 heterocycles. The third kappa shape index (κ3) is 6.11. The van der Waals surface area contributed by atoms with Gasteiger partial charge in [0.15, 0.2) is 10.2 Å². The lowest BCUT2D eigenvalue weighted by molar-refractivity contribution is -0.113. The van der Waals surface area contributed by atoms with Gasteiger partial charge in [-0.2, -0.15) is 0 Å². The molecule has 0 aliphatic heterocycles. The zero-order valence-corrected chi connectivity index (χ0v) is 18.5. The molecule has 0 radical (unpaired) electrons. The number of ether oxygens (including phenoxy) is 1. The van der Waals surface area contributed by atoms with Gasteiger partial charge in [0.05, 0.1) is 19.4 Å². The Bertz CT molecular complexity index is 989. The molecule has 0 saturated heterocycles. The van der Waals surface area contributed by atoms with Gasteiger partial charge in [-0.25, -0.2) is 4.68 Å². The zero-order chi connectivity index (χ0) is 21.3. The summed E-state index contributed by atoms with van der Waals surface area (Å²) in [5, 5.41) is 22.9. The summed E-state index contributed by atoms with van der Waals surface area (Å²) in [4.78, 5) is 12.2. The van der Waals surface area contributed by atoms with E-state index in [1.54, 1.807) is 13.2 Å². The number of carbonyl (C=O) groups is 1. The summed E-state index contributed by atoms with van der Waals surface area (Å²) in [7, 11) is 1.62. The van der Waals surface area contributed by atoms with Crippen LogP contribution in [0.2, 0.25) is 0 Å². The maximum Gasteiger partial charge on any atom is 0.236 e. The van der Waals surface area contributed by atoms with Crippen molar-refractivity contribution in [3.05, 3.63) is 42.7 Å². The molecule has 4 N–H and O–H groups in total. The molecule has 30 heavy (non-hydrogen) atoms. The van der Waals surface area contributed by atoms with Gasteiger partial charge in [-0.15, -0.1) is 27.0 Å². The molecule has 0 unspecified atom stereocenters. The van der Waals surface area contributed by atoms with E-state index in [2.05, 4.69) is 37.6 Å². The Morgan fingerprint density at radius 3 is 2.80 bits per heavy atom. The van der Waals surface area contributed by atoms with E-state index < -0.39 is 0 Å². The van der Waals surface area contributed by atoms with E-state index in [9.17, 15) is 4.79 Å². The van der Waals surface area contributed by atoms with E-state index >= 15 is 0 Å². The van der Waals surface area contributed by atoms with E-state index in [0.717, 1.165) is 21.5 Å². The topological polar surface area (TPSA) is 133 Å². The van der Waals surface area contributed by atoms with E-state index in [1.165, 1.54) is 39.5 Å². The number of rotatable bonds is 11. The number of nitrogens with one attached hydrogen (secondary N) is 2. The minimum atomic E-state index is -0.225. The van der Waals surface area contributed by atoms with Crippen molar-refractivity contribution < 1.29 is 9.53 Å². The predicted molar refractivity (Wildman–Crippen MR) is 121 cm³/mol. The standard InChI is InChI=1S/C17H20N8O2S3/c1-3-8-28-17-24-22-15(30-17)20-14(26)10-29-16-23-21-13(25(16)18)9-19-11-4-6-12(27-2)7-5-11/h3-7,19H,1,8-10,18H2,2H3,(H,20,22,26). The molecular weight excluding hydrogens is 444 g/mol. The molecule has 13 heteroatoms. The van der Waals surface area contributed by atoms with E-state index in [-0.39, 0.29) is 11.7 Å². The van der Waals surface area contributed by atoms with Crippen molar-refractivity contribution in [2.24, 2.45) is 0 Å². The van der Waals surface area contributed by atoms with Gasteiger partial charge in [0.25, 0.3) is 0 Å². The average molecular weight is 465 g/mol. The normalized spacial score (nSPS) is 10.6. The fourth-order valence-electron chi connectivity index (χ4n) is 2.15. The SMILES string of the molecule is C=CCSc1nnc(NC(=O)CSc2nnc(CNc3ccc(OC)cc3)n2N)s1. The van der Waals surface area contributed by atoms with Crippen molar-refractivity contribution in [1.82, 2.24) is 25.1 Å². The van der Waals surface area contributed by atoms with Crippen molar-refractivity contribution in [1.29, 1.82) is 0 Å². The number of amides is 1. The fraction of sp³-hybridized carbons (Fsp3) is 0.235. The Morgan fingerprint density at radius 2 is 2.07 bits per heavy atom. The molecular formula is C17H20N8O2S3. The summed E-state index contributed by atoms with van der Waals surface area (Å²) < 4.78 is 7.27. The van der Waals surface area contributed by atoms with E-state index in [0.29, 0.717) is 22.7 Å². The van der Waals surface area contributed by atoms with Gasteiger partial charge in [0.2, 0.25) is 16.2 Å². The average Bonchev–Trinajstić information content (AvgIpc) is 3.35. The largest absolute Gasteiger partial charge is 0.497 e. The molecule has 3 aromatic rings. The number of carbonyl (C=O) groups excluding carboxylic acids is 1. The highest BCUT2D eigenvalue weighted by atomic mass is 32.2. The lowest BCUT2D eigenvalue weighted by Crippen LogP contribution is -2.18. The molecule has 3 rings (SSSR count). The first-order chi connectivity index (χ1) is 14.6. The minimum absolute atomic E-state index is 0.121. The Labute approximate surface area is 185 Å². The van der Waals surface area contributed by atoms with Gasteiger partial charge in [-0.05, 0) is 24.3 Å². The molecule has 0 saturated carbocycles. The summed E-state index contributed by atoms with van der Waals surface area (Å²) in [6.45, 7) is 4.04. The Morgan fingerprint density at radius 1 is 1.27 bits per heavy atom. The van der Waals surface area contributed by atoms with Crippen LogP contribution in [0.15, 0.2) is 46.4 Å². The maximum atomic E-state index is 12.2. The molecule has 1 aromatic carbocycles. The number of hydrogen-bond donors (Lipinski definition) is 3. The Kier molecular flexibility index (Phi) is 7.93. The molecule has 0 aliphatic rings. The number of methoxy groups -OCH3 is 1. The number of aromatic nitrogens is 5. The fourth-order valence-corrected chi connectivity index (χ4v) is 4.36. The van der Waals surface area contributed by atoms with Crippen molar-refractivity contribution in [2.75, 3.05) is 35.1 Å². The van der Waals surface area contributed by atoms with Crippen molar-refractivity contribution in [3.63, 3.8) is 0 Å². The number of thioether (sulfide) groups is 2. The summed E-state index contributed by atoms with van der Waals surface area (Å²) in [5.41, 5.74) is 0.898. The highest BCUT2D eigenvalue weighted by Gasteiger charge is 2.14. The van der Waals surface area contributed by atoms with Crippen LogP contribution in [0.4, 0.5) is 10.8 Å². The monoisotopic (exact) mass is 464 g/mol. The number of nitrogens with two attached hydrogens (primary N) is 1. The highest BCUT2D eigenvalue weighted by Crippen LogP contribution is 2.25. The number of benzene rings is 1. The zero-order valence-electron chi connectivity index (χ0n) is 16.1. The van der Waals surface area contributed by atoms with Crippen molar-refractivity contribution in [2.45, 2.75) is 16.0 Å². The minimum Gasteiger partial charge on any atom is -0.497 e. The second-order valence-electron chi connectivity index (χ2n) is 5.66. The Balaban J connectivity index is 1.47. The van der Waals surface area contributed by atoms with Crippen LogP contribution in [0.3, 0.4) is 0 Å². The molecule has 0 fully saturated rings. The summed E-state index contributed by atoms with van der Waals surface area (Å²) in [6, 6.07) is 7.50. The van der Waals surface area contributed by atoms with Crippen LogP contribution in [0.5, 0.6) is 5.75 Å². The molecule has 1 amide bonds. The first-order valence-electron chi connectivity index (χ1n) is 8.66. The van der Waals surface area contributed by atoms with Crippen LogP contribution in [-0.4, -0.2) is 49.6 Å². The van der Waals surface area contributed by atoms with E-state index in [1.807, 2.05) is 24.3 Å². The van der Waals surface area contributed by atoms with Crippen LogP contribution in [-0.2, 0) is 11.3 Å². The van der Waals surface area contributed by atoms with Crippen molar-refractivity contribution >= 4 is 51.6 Å². The molecule has 10 nitrogen and oxygen atoms in total. The van der Waals surface area contributed by atoms with Crippen LogP contribution in [0, 0.1) is 0 Å². The summed E-state index contributed by atoms with van der Waals surface area (Å²) in [6.07, 6.45) is 1.78. The maximum absolute atomic E-state index is 12.2.